The normalized spacial score (nSPS) is 9.42. The summed E-state index contributed by atoms with van der Waals surface area (Å²) in [5.74, 6) is -3.29. The second-order valence-electron chi connectivity index (χ2n) is 17.0. The van der Waals surface area contributed by atoms with E-state index >= 15 is 0 Å². The van der Waals surface area contributed by atoms with Gasteiger partial charge in [0.25, 0.3) is 22.7 Å². The number of nitro benzene ring substituents is 6. The summed E-state index contributed by atoms with van der Waals surface area (Å²) in [6.07, 6.45) is 0. The molecule has 6 aromatic rings. The second kappa shape index (κ2) is 36.5. The number of rotatable bonds is 13. The van der Waals surface area contributed by atoms with Crippen molar-refractivity contribution in [3.63, 3.8) is 0 Å². The van der Waals surface area contributed by atoms with Crippen LogP contribution in [0.3, 0.4) is 0 Å². The number of nitriles is 1. The van der Waals surface area contributed by atoms with Crippen LogP contribution in [-0.2, 0) is 18.9 Å². The maximum Gasteiger partial charge on any atom is 0.346 e. The first-order valence-corrected chi connectivity index (χ1v) is 24.5. The first-order chi connectivity index (χ1) is 41.2. The Morgan fingerprint density at radius 3 is 1.07 bits per heavy atom. The molecule has 0 aromatic heterocycles. The third-order valence-corrected chi connectivity index (χ3v) is 11.4. The van der Waals surface area contributed by atoms with Gasteiger partial charge in [0.15, 0.2) is 0 Å². The average molecular weight is 1230 g/mol. The highest BCUT2D eigenvalue weighted by Gasteiger charge is 2.28. The third-order valence-electron chi connectivity index (χ3n) is 11.4. The van der Waals surface area contributed by atoms with E-state index in [1.54, 1.807) is 47.0 Å². The molecule has 0 fully saturated rings. The number of carbonyl (C=O) groups excluding carboxylic acids is 4. The molecule has 0 heterocycles. The SMILES string of the molecule is CN.CNc1cc(C)c(C(=O)OC)cc1N.CNc1cc(C)c(C(=O)OC)cc1[N+](=O)[O-].COC(=O)c1cc([N+](=O)[O-])c([N+](=O)[O-])cc1C.COC(=O)c1ccc([N+](=O)[O-])cc1C.Cc1cc([N+](=O)[O-])ccc1C#N.Cc1cc([N+](=O)[O-])ccc1C(=O)O. The van der Waals surface area contributed by atoms with Gasteiger partial charge < -0.3 is 46.2 Å². The summed E-state index contributed by atoms with van der Waals surface area (Å²) >= 11 is 0. The van der Waals surface area contributed by atoms with Crippen LogP contribution >= 0.6 is 0 Å². The predicted molar refractivity (Wildman–Crippen MR) is 318 cm³/mol. The second-order valence-corrected chi connectivity index (χ2v) is 17.0. The number of carboxylic acids is 1. The van der Waals surface area contributed by atoms with Gasteiger partial charge in [-0.25, -0.2) is 24.0 Å². The first-order valence-electron chi connectivity index (χ1n) is 24.5. The molecule has 0 radical (unpaired) electrons. The Balaban J connectivity index is 0.00000103. The number of anilines is 3. The number of ether oxygens (including phenoxy) is 4. The highest BCUT2D eigenvalue weighted by molar-refractivity contribution is 5.95. The Kier molecular flexibility index (Phi) is 31.5. The molecule has 6 rings (SSSR count). The summed E-state index contributed by atoms with van der Waals surface area (Å²) in [5.41, 5.74) is 15.1. The van der Waals surface area contributed by atoms with Gasteiger partial charge in [-0.15, -0.1) is 0 Å². The molecule has 0 spiro atoms. The lowest BCUT2D eigenvalue weighted by atomic mass is 10.1. The number of hydrogen-bond donors (Lipinski definition) is 5. The molecule has 6 aromatic carbocycles. The van der Waals surface area contributed by atoms with Crippen LogP contribution in [0.25, 0.3) is 0 Å². The van der Waals surface area contributed by atoms with Crippen molar-refractivity contribution in [3.8, 4) is 6.07 Å². The van der Waals surface area contributed by atoms with Gasteiger partial charge in [0, 0.05) is 68.7 Å². The fourth-order valence-corrected chi connectivity index (χ4v) is 6.94. The van der Waals surface area contributed by atoms with E-state index in [2.05, 4.69) is 35.3 Å². The summed E-state index contributed by atoms with van der Waals surface area (Å²) in [7, 11) is 9.84. The summed E-state index contributed by atoms with van der Waals surface area (Å²) in [6.45, 7) is 9.79. The van der Waals surface area contributed by atoms with E-state index in [-0.39, 0.29) is 51.0 Å². The topological polar surface area (TPSA) is 501 Å². The van der Waals surface area contributed by atoms with Crippen LogP contribution in [0, 0.1) is 114 Å². The van der Waals surface area contributed by atoms with Crippen LogP contribution in [-0.4, -0.2) is 114 Å². The van der Waals surface area contributed by atoms with Crippen molar-refractivity contribution >= 4 is 81.0 Å². The maximum atomic E-state index is 11.3. The number of nitrogens with two attached hydrogens (primary N) is 2. The van der Waals surface area contributed by atoms with Gasteiger partial charge in [-0.3, -0.25) is 60.7 Å². The Morgan fingerprint density at radius 2 is 0.739 bits per heavy atom. The number of non-ortho nitro benzene ring substituents is 3. The van der Waals surface area contributed by atoms with Crippen molar-refractivity contribution in [1.82, 2.24) is 0 Å². The number of aryl methyl sites for hydroxylation is 6. The number of methoxy groups -OCH3 is 4. The summed E-state index contributed by atoms with van der Waals surface area (Å²) in [5, 5.41) is 85.8. The van der Waals surface area contributed by atoms with Crippen LogP contribution in [0.1, 0.15) is 90.7 Å². The molecular formula is C55H61N11O22. The lowest BCUT2D eigenvalue weighted by Gasteiger charge is -2.09. The van der Waals surface area contributed by atoms with Crippen molar-refractivity contribution in [2.75, 3.05) is 65.9 Å². The molecule has 0 atom stereocenters. The zero-order valence-electron chi connectivity index (χ0n) is 49.5. The average Bonchev–Trinajstić information content (AvgIpc) is 2.48. The number of esters is 4. The lowest BCUT2D eigenvalue weighted by Crippen LogP contribution is -2.06. The van der Waals surface area contributed by atoms with Crippen molar-refractivity contribution in [2.45, 2.75) is 41.5 Å². The molecule has 88 heavy (non-hydrogen) atoms. The molecule has 0 aliphatic rings. The number of nitro groups is 6. The van der Waals surface area contributed by atoms with Crippen molar-refractivity contribution in [2.24, 2.45) is 5.73 Å². The molecule has 33 heteroatoms. The van der Waals surface area contributed by atoms with Gasteiger partial charge in [-0.2, -0.15) is 5.26 Å². The number of carboxylic acid groups (broad SMARTS) is 1. The number of nitrogens with zero attached hydrogens (tertiary/aromatic N) is 7. The fourth-order valence-electron chi connectivity index (χ4n) is 6.94. The quantitative estimate of drug-likeness (QED) is 0.0236. The van der Waals surface area contributed by atoms with E-state index < -0.39 is 64.8 Å². The van der Waals surface area contributed by atoms with Crippen LogP contribution in [0.15, 0.2) is 91.0 Å². The Labute approximate surface area is 500 Å². The largest absolute Gasteiger partial charge is 0.478 e. The number of aromatic carboxylic acids is 1. The molecule has 0 saturated heterocycles. The van der Waals surface area contributed by atoms with Gasteiger partial charge >= 0.3 is 41.2 Å². The molecule has 0 saturated carbocycles. The highest BCUT2D eigenvalue weighted by Crippen LogP contribution is 2.31. The van der Waals surface area contributed by atoms with Gasteiger partial charge in [0.2, 0.25) is 0 Å². The first kappa shape index (κ1) is 75.9. The smallest absolute Gasteiger partial charge is 0.346 e. The van der Waals surface area contributed by atoms with Crippen molar-refractivity contribution in [3.05, 3.63) is 218 Å². The predicted octanol–water partition coefficient (Wildman–Crippen LogP) is 9.38. The summed E-state index contributed by atoms with van der Waals surface area (Å²) < 4.78 is 18.1. The van der Waals surface area contributed by atoms with E-state index in [9.17, 15) is 84.7 Å². The Bertz CT molecular complexity index is 3660. The van der Waals surface area contributed by atoms with Gasteiger partial charge in [0.05, 0.1) is 109 Å². The number of benzene rings is 6. The lowest BCUT2D eigenvalue weighted by molar-refractivity contribution is -0.422. The summed E-state index contributed by atoms with van der Waals surface area (Å²) in [4.78, 5) is 115. The number of carbonyl (C=O) groups is 5. The zero-order valence-corrected chi connectivity index (χ0v) is 49.5. The minimum Gasteiger partial charge on any atom is -0.478 e. The van der Waals surface area contributed by atoms with E-state index in [1.165, 1.54) is 103 Å². The molecular weight excluding hydrogens is 1170 g/mol. The monoisotopic (exact) mass is 1230 g/mol. The van der Waals surface area contributed by atoms with Gasteiger partial charge in [-0.1, -0.05) is 0 Å². The van der Waals surface area contributed by atoms with E-state index in [0.29, 0.717) is 50.3 Å². The third kappa shape index (κ3) is 22.2. The molecule has 0 unspecified atom stereocenters. The molecule has 0 amide bonds. The maximum absolute atomic E-state index is 11.3. The van der Waals surface area contributed by atoms with Crippen molar-refractivity contribution in [1.29, 1.82) is 5.26 Å². The number of nitrogen functional groups attached to an aromatic ring is 1. The number of hydrogen-bond acceptors (Lipinski definition) is 26. The van der Waals surface area contributed by atoms with Crippen LogP contribution < -0.4 is 22.1 Å². The van der Waals surface area contributed by atoms with Crippen LogP contribution in [0.2, 0.25) is 0 Å². The molecule has 468 valence electrons. The molecule has 0 aliphatic heterocycles. The molecule has 7 N–H and O–H groups in total. The zero-order chi connectivity index (χ0) is 68.0. The minimum atomic E-state index is -1.08. The van der Waals surface area contributed by atoms with Gasteiger partial charge in [0.1, 0.15) is 5.69 Å². The molecule has 0 bridgehead atoms. The minimum absolute atomic E-state index is 0.0199. The Hall–Kier alpha value is -12.1. The van der Waals surface area contributed by atoms with Crippen LogP contribution in [0.5, 0.6) is 0 Å². The summed E-state index contributed by atoms with van der Waals surface area (Å²) in [6, 6.07) is 21.8. The fraction of sp³-hybridized carbons (Fsp3) is 0.236. The van der Waals surface area contributed by atoms with Gasteiger partial charge in [-0.05, 0) is 118 Å². The number of nitrogens with one attached hydrogen (secondary N) is 2. The van der Waals surface area contributed by atoms with E-state index in [1.807, 2.05) is 19.1 Å². The molecule has 33 nitrogen and oxygen atoms in total. The van der Waals surface area contributed by atoms with Crippen molar-refractivity contribution < 1.29 is 77.6 Å². The molecule has 0 aliphatic carbocycles. The van der Waals surface area contributed by atoms with E-state index in [4.69, 9.17) is 16.1 Å². The highest BCUT2D eigenvalue weighted by atomic mass is 16.7. The standard InChI is InChI=1S/C10H12N2O4.C10H14N2O2.C9H8N2O6.C9H9NO4.C8H6N2O2.C8H7NO4.CH5N/c1-6-4-8(11-2)9(12(14)15)5-7(6)10(13)16-3;1-6-4-9(12-2)8(11)5-7(6)10(13)14-3;1-5-3-7(10(13)14)8(11(15)16)4-6(5)9(12)17-2;1-6-5-7(10(12)13)3-4-8(6)9(11)14-2;1-6-4-8(10(11)12)3-2-7(6)5-9;1-5-4-6(9(12)13)2-3-7(5)8(10)11;1-2/h4-5,11H,1-3H3;4-5,12H,11H2,1-3H3;3-4H,1-2H3;3-5H,1-2H3;2-4H,1H3;2-4H,1H3,(H,10,11);2H2,1H3. The van der Waals surface area contributed by atoms with E-state index in [0.717, 1.165) is 30.5 Å². The Morgan fingerprint density at radius 1 is 0.432 bits per heavy atom. The van der Waals surface area contributed by atoms with Crippen LogP contribution in [0.4, 0.5) is 51.2 Å².